The molecule has 0 saturated heterocycles. The highest BCUT2D eigenvalue weighted by atomic mass is 16.5. The first-order valence-corrected chi connectivity index (χ1v) is 10.9. The predicted octanol–water partition coefficient (Wildman–Crippen LogP) is 6.37. The number of nitrogens with zero attached hydrogens (tertiary/aromatic N) is 2. The third-order valence-corrected chi connectivity index (χ3v) is 5.47. The molecule has 0 unspecified atom stereocenters. The number of rotatable bonds is 7. The molecule has 34 heavy (non-hydrogen) atoms. The van der Waals surface area contributed by atoms with E-state index in [1.54, 1.807) is 6.08 Å². The van der Waals surface area contributed by atoms with Crippen LogP contribution in [0.4, 0.5) is 0 Å². The second kappa shape index (κ2) is 9.46. The van der Waals surface area contributed by atoms with Crippen molar-refractivity contribution in [2.24, 2.45) is 0 Å². The maximum atomic E-state index is 10.9. The third-order valence-electron chi connectivity index (χ3n) is 5.47. The lowest BCUT2D eigenvalue weighted by Gasteiger charge is -2.12. The van der Waals surface area contributed by atoms with Crippen molar-refractivity contribution >= 4 is 23.1 Å². The molecule has 5 aromatic rings. The summed E-state index contributed by atoms with van der Waals surface area (Å²) in [5, 5.41) is 8.96. The van der Waals surface area contributed by atoms with Crippen LogP contribution in [0.5, 0.6) is 5.75 Å². The highest BCUT2D eigenvalue weighted by Gasteiger charge is 2.14. The van der Waals surface area contributed by atoms with Gasteiger partial charge in [-0.05, 0) is 59.7 Å². The van der Waals surface area contributed by atoms with Crippen LogP contribution in [0.1, 0.15) is 11.1 Å². The number of carbonyl (C=O) groups is 1. The molecule has 0 aliphatic heterocycles. The zero-order valence-corrected chi connectivity index (χ0v) is 18.3. The van der Waals surface area contributed by atoms with Gasteiger partial charge < -0.3 is 9.84 Å². The predicted molar refractivity (Wildman–Crippen MR) is 134 cm³/mol. The quantitative estimate of drug-likeness (QED) is 0.295. The lowest BCUT2D eigenvalue weighted by atomic mass is 10.1. The van der Waals surface area contributed by atoms with Gasteiger partial charge in [-0.3, -0.25) is 4.57 Å². The Labute approximate surface area is 197 Å². The van der Waals surface area contributed by atoms with Crippen molar-refractivity contribution in [3.63, 3.8) is 0 Å². The Kier molecular flexibility index (Phi) is 5.91. The first-order valence-electron chi connectivity index (χ1n) is 10.9. The molecule has 0 atom stereocenters. The highest BCUT2D eigenvalue weighted by Crippen LogP contribution is 2.30. The standard InChI is InChI=1S/C29H22N2O3/c32-28(33)18-13-21-9-6-10-23(19-21)29-30-26-11-4-5-12-27(26)31(29)24-14-16-25(17-15-24)34-20-22-7-2-1-3-8-22/h1-19H,20H2,(H,32,33). The summed E-state index contributed by atoms with van der Waals surface area (Å²) in [4.78, 5) is 15.8. The summed E-state index contributed by atoms with van der Waals surface area (Å²) in [6.45, 7) is 0.510. The van der Waals surface area contributed by atoms with Crippen molar-refractivity contribution in [1.82, 2.24) is 9.55 Å². The molecule has 1 aromatic heterocycles. The molecule has 166 valence electrons. The number of imidazole rings is 1. The average molecular weight is 447 g/mol. The molecule has 5 nitrogen and oxygen atoms in total. The van der Waals surface area contributed by atoms with E-state index in [4.69, 9.17) is 14.8 Å². The number of aromatic nitrogens is 2. The number of hydrogen-bond acceptors (Lipinski definition) is 3. The normalized spacial score (nSPS) is 11.2. The molecule has 1 heterocycles. The minimum absolute atomic E-state index is 0.510. The number of hydrogen-bond donors (Lipinski definition) is 1. The van der Waals surface area contributed by atoms with Crippen molar-refractivity contribution in [3.8, 4) is 22.8 Å². The van der Waals surface area contributed by atoms with E-state index in [0.717, 1.165) is 51.1 Å². The van der Waals surface area contributed by atoms with Gasteiger partial charge >= 0.3 is 5.97 Å². The molecule has 0 aliphatic carbocycles. The van der Waals surface area contributed by atoms with Gasteiger partial charge in [-0.2, -0.15) is 0 Å². The third kappa shape index (κ3) is 4.59. The van der Waals surface area contributed by atoms with Gasteiger partial charge in [-0.15, -0.1) is 0 Å². The van der Waals surface area contributed by atoms with Gasteiger partial charge in [-0.1, -0.05) is 60.7 Å². The van der Waals surface area contributed by atoms with E-state index in [1.807, 2.05) is 103 Å². The summed E-state index contributed by atoms with van der Waals surface area (Å²) in [6, 6.07) is 33.7. The van der Waals surface area contributed by atoms with Crippen molar-refractivity contribution < 1.29 is 14.6 Å². The second-order valence-corrected chi connectivity index (χ2v) is 7.82. The lowest BCUT2D eigenvalue weighted by Crippen LogP contribution is -1.99. The zero-order chi connectivity index (χ0) is 23.3. The Morgan fingerprint density at radius 2 is 1.65 bits per heavy atom. The molecule has 0 fully saturated rings. The fraction of sp³-hybridized carbons (Fsp3) is 0.0345. The molecule has 5 rings (SSSR count). The van der Waals surface area contributed by atoms with Crippen molar-refractivity contribution in [1.29, 1.82) is 0 Å². The lowest BCUT2D eigenvalue weighted by molar-refractivity contribution is -0.131. The molecule has 0 aliphatic rings. The number of carboxylic acids is 1. The van der Waals surface area contributed by atoms with Gasteiger partial charge in [0.25, 0.3) is 0 Å². The molecule has 0 spiro atoms. The Morgan fingerprint density at radius 1 is 0.882 bits per heavy atom. The Balaban J connectivity index is 1.51. The largest absolute Gasteiger partial charge is 0.489 e. The summed E-state index contributed by atoms with van der Waals surface area (Å²) in [5.41, 5.74) is 5.64. The number of aliphatic carboxylic acids is 1. The SMILES string of the molecule is O=C(O)C=Cc1cccc(-c2nc3ccccc3n2-c2ccc(OCc3ccccc3)cc2)c1. The van der Waals surface area contributed by atoms with Crippen LogP contribution >= 0.6 is 0 Å². The fourth-order valence-corrected chi connectivity index (χ4v) is 3.86. The van der Waals surface area contributed by atoms with Crippen LogP contribution in [0.25, 0.3) is 34.2 Å². The Bertz CT molecular complexity index is 1470. The average Bonchev–Trinajstić information content (AvgIpc) is 3.27. The number of ether oxygens (including phenoxy) is 1. The summed E-state index contributed by atoms with van der Waals surface area (Å²) in [5.74, 6) is 0.594. The highest BCUT2D eigenvalue weighted by molar-refractivity contribution is 5.86. The summed E-state index contributed by atoms with van der Waals surface area (Å²) in [7, 11) is 0. The first-order chi connectivity index (χ1) is 16.7. The minimum atomic E-state index is -0.979. The molecule has 0 amide bonds. The van der Waals surface area contributed by atoms with Gasteiger partial charge in [0.15, 0.2) is 0 Å². The molecule has 4 aromatic carbocycles. The van der Waals surface area contributed by atoms with Crippen LogP contribution in [-0.4, -0.2) is 20.6 Å². The Hall–Kier alpha value is -4.64. The smallest absolute Gasteiger partial charge is 0.328 e. The van der Waals surface area contributed by atoms with Crippen LogP contribution in [0.2, 0.25) is 0 Å². The molecule has 0 bridgehead atoms. The first kappa shape index (κ1) is 21.2. The van der Waals surface area contributed by atoms with E-state index in [-0.39, 0.29) is 0 Å². The zero-order valence-electron chi connectivity index (χ0n) is 18.3. The second-order valence-electron chi connectivity index (χ2n) is 7.82. The number of benzene rings is 4. The molecule has 5 heteroatoms. The van der Waals surface area contributed by atoms with Gasteiger partial charge in [0.1, 0.15) is 18.2 Å². The van der Waals surface area contributed by atoms with Gasteiger partial charge in [0, 0.05) is 17.3 Å². The number of para-hydroxylation sites is 2. The Morgan fingerprint density at radius 3 is 2.44 bits per heavy atom. The van der Waals surface area contributed by atoms with Crippen LogP contribution < -0.4 is 4.74 Å². The molecular formula is C29H22N2O3. The van der Waals surface area contributed by atoms with Crippen LogP contribution in [0, 0.1) is 0 Å². The molecule has 0 saturated carbocycles. The maximum Gasteiger partial charge on any atom is 0.328 e. The fourth-order valence-electron chi connectivity index (χ4n) is 3.86. The van der Waals surface area contributed by atoms with Crippen molar-refractivity contribution in [2.45, 2.75) is 6.61 Å². The van der Waals surface area contributed by atoms with Crippen LogP contribution in [-0.2, 0) is 11.4 Å². The van der Waals surface area contributed by atoms with Crippen LogP contribution in [0.15, 0.2) is 109 Å². The monoisotopic (exact) mass is 446 g/mol. The van der Waals surface area contributed by atoms with Crippen molar-refractivity contribution in [2.75, 3.05) is 0 Å². The van der Waals surface area contributed by atoms with Crippen molar-refractivity contribution in [3.05, 3.63) is 120 Å². The summed E-state index contributed by atoms with van der Waals surface area (Å²) in [6.07, 6.45) is 2.72. The van der Waals surface area contributed by atoms with E-state index in [0.29, 0.717) is 6.61 Å². The number of fused-ring (bicyclic) bond motifs is 1. The maximum absolute atomic E-state index is 10.9. The van der Waals surface area contributed by atoms with Gasteiger partial charge in [0.05, 0.1) is 11.0 Å². The van der Waals surface area contributed by atoms with E-state index < -0.39 is 5.97 Å². The number of carboxylic acid groups (broad SMARTS) is 1. The van der Waals surface area contributed by atoms with E-state index in [1.165, 1.54) is 0 Å². The summed E-state index contributed by atoms with van der Waals surface area (Å²) >= 11 is 0. The minimum Gasteiger partial charge on any atom is -0.489 e. The topological polar surface area (TPSA) is 64.3 Å². The summed E-state index contributed by atoms with van der Waals surface area (Å²) < 4.78 is 8.06. The van der Waals surface area contributed by atoms with Gasteiger partial charge in [-0.25, -0.2) is 9.78 Å². The van der Waals surface area contributed by atoms with E-state index in [2.05, 4.69) is 4.57 Å². The van der Waals surface area contributed by atoms with Gasteiger partial charge in [0.2, 0.25) is 0 Å². The van der Waals surface area contributed by atoms with Crippen LogP contribution in [0.3, 0.4) is 0 Å². The molecule has 0 radical (unpaired) electrons. The van der Waals surface area contributed by atoms with E-state index >= 15 is 0 Å². The van der Waals surface area contributed by atoms with E-state index in [9.17, 15) is 4.79 Å². The molecule has 1 N–H and O–H groups in total. The molecular weight excluding hydrogens is 424 g/mol.